The van der Waals surface area contributed by atoms with Crippen LogP contribution >= 0.6 is 28.1 Å². The summed E-state index contributed by atoms with van der Waals surface area (Å²) >= 11 is 9.22. The van der Waals surface area contributed by atoms with Crippen molar-refractivity contribution in [1.82, 2.24) is 4.90 Å². The molecule has 0 spiro atoms. The van der Waals surface area contributed by atoms with Gasteiger partial charge >= 0.3 is 0 Å². The van der Waals surface area contributed by atoms with Gasteiger partial charge in [0.1, 0.15) is 17.3 Å². The van der Waals surface area contributed by atoms with Gasteiger partial charge in [0.2, 0.25) is 0 Å². The Labute approximate surface area is 145 Å². The highest BCUT2D eigenvalue weighted by Crippen LogP contribution is 2.27. The number of likely N-dealkylation sites (tertiary alicyclic amines) is 1. The van der Waals surface area contributed by atoms with Gasteiger partial charge < -0.3 is 9.64 Å². The largest absolute Gasteiger partial charge is 0.488 e. The highest BCUT2D eigenvalue weighted by atomic mass is 79.9. The Morgan fingerprint density at radius 1 is 1.09 bits per heavy atom. The van der Waals surface area contributed by atoms with Crippen molar-refractivity contribution in [2.45, 2.75) is 19.4 Å². The third kappa shape index (κ3) is 3.68. The van der Waals surface area contributed by atoms with Crippen molar-refractivity contribution < 1.29 is 4.74 Å². The molecule has 0 bridgehead atoms. The maximum Gasteiger partial charge on any atom is 0.130 e. The van der Waals surface area contributed by atoms with Gasteiger partial charge in [0.25, 0.3) is 0 Å². The Balaban J connectivity index is 1.79. The maximum absolute atomic E-state index is 6.02. The molecule has 1 aliphatic rings. The molecule has 3 rings (SSSR count). The highest BCUT2D eigenvalue weighted by molar-refractivity contribution is 9.10. The molecule has 2 aromatic carbocycles. The lowest BCUT2D eigenvalue weighted by molar-refractivity contribution is 0.305. The maximum atomic E-state index is 6.02. The van der Waals surface area contributed by atoms with Crippen LogP contribution in [0.3, 0.4) is 0 Å². The second-order valence-electron chi connectivity index (χ2n) is 5.41. The quantitative estimate of drug-likeness (QED) is 0.712. The number of hydrogen-bond donors (Lipinski definition) is 0. The molecule has 0 atom stereocenters. The van der Waals surface area contributed by atoms with Crippen molar-refractivity contribution in [1.29, 1.82) is 0 Å². The lowest BCUT2D eigenvalue weighted by atomic mass is 10.2. The number of benzene rings is 2. The molecule has 0 unspecified atom stereocenters. The minimum atomic E-state index is 0.554. The van der Waals surface area contributed by atoms with Crippen molar-refractivity contribution in [3.63, 3.8) is 0 Å². The summed E-state index contributed by atoms with van der Waals surface area (Å²) in [4.78, 5) is 3.16. The zero-order valence-corrected chi connectivity index (χ0v) is 14.7. The van der Waals surface area contributed by atoms with Gasteiger partial charge in [0.05, 0.1) is 5.56 Å². The van der Waals surface area contributed by atoms with Gasteiger partial charge in [-0.2, -0.15) is 0 Å². The van der Waals surface area contributed by atoms with Gasteiger partial charge in [-0.15, -0.1) is 0 Å². The molecule has 1 heterocycles. The Bertz CT molecular complexity index is 653. The molecule has 1 aliphatic heterocycles. The monoisotopic (exact) mass is 375 g/mol. The average molecular weight is 376 g/mol. The third-order valence-corrected chi connectivity index (χ3v) is 4.77. The SMILES string of the molecule is S=C(c1cc(Br)ccc1OCc1ccccc1)N1CCCC1. The van der Waals surface area contributed by atoms with E-state index in [1.807, 2.05) is 30.3 Å². The minimum Gasteiger partial charge on any atom is -0.488 e. The van der Waals surface area contributed by atoms with Crippen LogP contribution in [0.2, 0.25) is 0 Å². The first-order valence-corrected chi connectivity index (χ1v) is 8.70. The Hall–Kier alpha value is -1.39. The van der Waals surface area contributed by atoms with Gasteiger partial charge in [-0.3, -0.25) is 0 Å². The molecule has 114 valence electrons. The third-order valence-electron chi connectivity index (χ3n) is 3.80. The van der Waals surface area contributed by atoms with Crippen LogP contribution in [0.5, 0.6) is 5.75 Å². The van der Waals surface area contributed by atoms with Crippen LogP contribution in [0, 0.1) is 0 Å². The standard InChI is InChI=1S/C18H18BrNOS/c19-15-8-9-17(21-13-14-6-2-1-3-7-14)16(12-15)18(22)20-10-4-5-11-20/h1-3,6-9,12H,4-5,10-11,13H2. The summed E-state index contributed by atoms with van der Waals surface area (Å²) in [6.07, 6.45) is 2.43. The molecule has 2 nitrogen and oxygen atoms in total. The number of ether oxygens (including phenoxy) is 1. The lowest BCUT2D eigenvalue weighted by Gasteiger charge is -2.21. The molecular weight excluding hydrogens is 358 g/mol. The average Bonchev–Trinajstić information content (AvgIpc) is 3.08. The fraction of sp³-hybridized carbons (Fsp3) is 0.278. The molecule has 1 fully saturated rings. The molecule has 2 aromatic rings. The van der Waals surface area contributed by atoms with Crippen molar-refractivity contribution in [3.8, 4) is 5.75 Å². The van der Waals surface area contributed by atoms with Crippen LogP contribution in [0.1, 0.15) is 24.0 Å². The molecule has 0 N–H and O–H groups in total. The van der Waals surface area contributed by atoms with E-state index in [0.717, 1.165) is 39.4 Å². The predicted molar refractivity (Wildman–Crippen MR) is 97.4 cm³/mol. The zero-order valence-electron chi connectivity index (χ0n) is 12.3. The molecular formula is C18H18BrNOS. The van der Waals surface area contributed by atoms with Crippen molar-refractivity contribution in [3.05, 3.63) is 64.1 Å². The van der Waals surface area contributed by atoms with Crippen molar-refractivity contribution in [2.24, 2.45) is 0 Å². The summed E-state index contributed by atoms with van der Waals surface area (Å²) in [5.74, 6) is 0.851. The van der Waals surface area contributed by atoms with E-state index >= 15 is 0 Å². The van der Waals surface area contributed by atoms with E-state index < -0.39 is 0 Å². The molecule has 0 amide bonds. The van der Waals surface area contributed by atoms with Crippen LogP contribution in [0.25, 0.3) is 0 Å². The summed E-state index contributed by atoms with van der Waals surface area (Å²) < 4.78 is 7.05. The number of rotatable bonds is 4. The summed E-state index contributed by atoms with van der Waals surface area (Å²) in [5.41, 5.74) is 2.16. The van der Waals surface area contributed by atoms with E-state index in [0.29, 0.717) is 6.61 Å². The van der Waals surface area contributed by atoms with E-state index in [2.05, 4.69) is 39.0 Å². The van der Waals surface area contributed by atoms with Crippen LogP contribution in [0.15, 0.2) is 53.0 Å². The van der Waals surface area contributed by atoms with E-state index in [9.17, 15) is 0 Å². The topological polar surface area (TPSA) is 12.5 Å². The predicted octanol–water partition coefficient (Wildman–Crippen LogP) is 4.80. The first-order chi connectivity index (χ1) is 10.7. The van der Waals surface area contributed by atoms with Gasteiger partial charge in [-0.1, -0.05) is 58.5 Å². The molecule has 0 saturated carbocycles. The molecule has 0 aromatic heterocycles. The zero-order chi connectivity index (χ0) is 15.4. The first-order valence-electron chi connectivity index (χ1n) is 7.49. The van der Waals surface area contributed by atoms with Crippen LogP contribution in [-0.4, -0.2) is 23.0 Å². The van der Waals surface area contributed by atoms with Gasteiger partial charge in [-0.25, -0.2) is 0 Å². The summed E-state index contributed by atoms with van der Waals surface area (Å²) in [6.45, 7) is 2.64. The van der Waals surface area contributed by atoms with E-state index in [4.69, 9.17) is 17.0 Å². The Morgan fingerprint density at radius 2 is 1.82 bits per heavy atom. The molecule has 0 radical (unpaired) electrons. The summed E-state index contributed by atoms with van der Waals surface area (Å²) in [6, 6.07) is 16.2. The van der Waals surface area contributed by atoms with E-state index in [1.165, 1.54) is 12.8 Å². The van der Waals surface area contributed by atoms with Gasteiger partial charge in [0, 0.05) is 17.6 Å². The van der Waals surface area contributed by atoms with Crippen LogP contribution < -0.4 is 4.74 Å². The van der Waals surface area contributed by atoms with Crippen LogP contribution in [0.4, 0.5) is 0 Å². The molecule has 1 saturated heterocycles. The van der Waals surface area contributed by atoms with Crippen molar-refractivity contribution in [2.75, 3.05) is 13.1 Å². The molecule has 4 heteroatoms. The minimum absolute atomic E-state index is 0.554. The number of halogens is 1. The summed E-state index contributed by atoms with van der Waals surface area (Å²) in [7, 11) is 0. The molecule has 0 aliphatic carbocycles. The number of hydrogen-bond acceptors (Lipinski definition) is 2. The highest BCUT2D eigenvalue weighted by Gasteiger charge is 2.19. The molecule has 22 heavy (non-hydrogen) atoms. The smallest absolute Gasteiger partial charge is 0.130 e. The fourth-order valence-electron chi connectivity index (χ4n) is 2.62. The lowest BCUT2D eigenvalue weighted by Crippen LogP contribution is -2.27. The normalized spacial score (nSPS) is 14.1. The number of nitrogens with zero attached hydrogens (tertiary/aromatic N) is 1. The van der Waals surface area contributed by atoms with Gasteiger partial charge in [0.15, 0.2) is 0 Å². The summed E-state index contributed by atoms with van der Waals surface area (Å²) in [5, 5.41) is 0. The second kappa shape index (κ2) is 7.25. The van der Waals surface area contributed by atoms with E-state index in [1.54, 1.807) is 0 Å². The van der Waals surface area contributed by atoms with Crippen molar-refractivity contribution >= 4 is 33.1 Å². The number of thiocarbonyl (C=S) groups is 1. The Morgan fingerprint density at radius 3 is 2.55 bits per heavy atom. The Kier molecular flexibility index (Phi) is 5.11. The van der Waals surface area contributed by atoms with E-state index in [-0.39, 0.29) is 0 Å². The fourth-order valence-corrected chi connectivity index (χ4v) is 3.32. The first kappa shape index (κ1) is 15.5. The van der Waals surface area contributed by atoms with Gasteiger partial charge in [-0.05, 0) is 36.6 Å². The van der Waals surface area contributed by atoms with Crippen LogP contribution in [-0.2, 0) is 6.61 Å². The second-order valence-corrected chi connectivity index (χ2v) is 6.72.